The van der Waals surface area contributed by atoms with Gasteiger partial charge in [-0.3, -0.25) is 4.79 Å². The van der Waals surface area contributed by atoms with Crippen LogP contribution in [0.25, 0.3) is 0 Å². The Morgan fingerprint density at radius 3 is 3.11 bits per heavy atom. The van der Waals surface area contributed by atoms with Crippen molar-refractivity contribution in [2.24, 2.45) is 0 Å². The van der Waals surface area contributed by atoms with Crippen LogP contribution in [0.1, 0.15) is 12.8 Å². The summed E-state index contributed by atoms with van der Waals surface area (Å²) in [5, 5.41) is 12.5. The van der Waals surface area contributed by atoms with E-state index < -0.39 is 6.04 Å². The van der Waals surface area contributed by atoms with Gasteiger partial charge >= 0.3 is 0 Å². The smallest absolute Gasteiger partial charge is 0.245 e. The minimum atomic E-state index is -0.420. The molecule has 1 amide bonds. The van der Waals surface area contributed by atoms with E-state index in [0.29, 0.717) is 11.6 Å². The van der Waals surface area contributed by atoms with E-state index in [2.05, 4.69) is 5.32 Å². The van der Waals surface area contributed by atoms with Crippen molar-refractivity contribution in [1.82, 2.24) is 5.32 Å². The maximum Gasteiger partial charge on any atom is 0.245 e. The van der Waals surface area contributed by atoms with Crippen LogP contribution < -0.4 is 10.2 Å². The minimum Gasteiger partial charge on any atom is -0.311 e. The van der Waals surface area contributed by atoms with E-state index in [4.69, 9.17) is 16.9 Å². The van der Waals surface area contributed by atoms with Gasteiger partial charge in [-0.1, -0.05) is 17.7 Å². The van der Waals surface area contributed by atoms with Gasteiger partial charge in [0.25, 0.3) is 0 Å². The molecule has 5 heteroatoms. The summed E-state index contributed by atoms with van der Waals surface area (Å²) < 4.78 is 0. The molecule has 1 fully saturated rings. The van der Waals surface area contributed by atoms with Gasteiger partial charge in [-0.05, 0) is 31.2 Å². The predicted molar refractivity (Wildman–Crippen MR) is 70.4 cm³/mol. The van der Waals surface area contributed by atoms with Gasteiger partial charge in [-0.2, -0.15) is 5.26 Å². The molecular weight excluding hydrogens is 250 g/mol. The summed E-state index contributed by atoms with van der Waals surface area (Å²) in [5.41, 5.74) is 0.791. The molecule has 1 aliphatic rings. The number of carbonyl (C=O) groups excluding carboxylic acids is 1. The number of anilines is 1. The van der Waals surface area contributed by atoms with Crippen LogP contribution in [0.5, 0.6) is 0 Å². The average Bonchev–Trinajstić information content (AvgIpc) is 2.53. The van der Waals surface area contributed by atoms with Crippen LogP contribution in [-0.4, -0.2) is 25.0 Å². The summed E-state index contributed by atoms with van der Waals surface area (Å²) in [6, 6.07) is 8.85. The van der Waals surface area contributed by atoms with Gasteiger partial charge < -0.3 is 10.2 Å². The zero-order valence-electron chi connectivity index (χ0n) is 9.90. The normalized spacial score (nSPS) is 20.3. The number of carbonyl (C=O) groups is 1. The fourth-order valence-corrected chi connectivity index (χ4v) is 2.23. The van der Waals surface area contributed by atoms with Crippen molar-refractivity contribution < 1.29 is 4.79 Å². The molecule has 0 spiro atoms. The molecule has 94 valence electrons. The first-order valence-corrected chi connectivity index (χ1v) is 6.27. The molecule has 0 aromatic heterocycles. The summed E-state index contributed by atoms with van der Waals surface area (Å²) in [6.07, 6.45) is 1.05. The number of hydrogen-bond acceptors (Lipinski definition) is 3. The number of nitrogens with one attached hydrogen (secondary N) is 1. The number of hydrogen-bond donors (Lipinski definition) is 1. The van der Waals surface area contributed by atoms with Crippen molar-refractivity contribution in [3.8, 4) is 6.07 Å². The Kier molecular flexibility index (Phi) is 4.19. The van der Waals surface area contributed by atoms with Gasteiger partial charge in [0.05, 0.1) is 12.5 Å². The van der Waals surface area contributed by atoms with Crippen LogP contribution in [0.2, 0.25) is 5.02 Å². The molecule has 0 bridgehead atoms. The second-order valence-corrected chi connectivity index (χ2v) is 4.63. The fourth-order valence-electron chi connectivity index (χ4n) is 2.05. The molecule has 18 heavy (non-hydrogen) atoms. The van der Waals surface area contributed by atoms with Crippen LogP contribution in [0.3, 0.4) is 0 Å². The number of benzene rings is 1. The van der Waals surface area contributed by atoms with Crippen molar-refractivity contribution in [3.63, 3.8) is 0 Å². The quantitative estimate of drug-likeness (QED) is 0.887. The molecule has 1 aliphatic heterocycles. The first-order valence-electron chi connectivity index (χ1n) is 5.89. The maximum absolute atomic E-state index is 12.3. The molecule has 0 aliphatic carbocycles. The van der Waals surface area contributed by atoms with Crippen LogP contribution in [0.15, 0.2) is 24.3 Å². The van der Waals surface area contributed by atoms with Gasteiger partial charge in [-0.15, -0.1) is 0 Å². The first-order chi connectivity index (χ1) is 8.72. The highest BCUT2D eigenvalue weighted by Gasteiger charge is 2.27. The van der Waals surface area contributed by atoms with E-state index in [9.17, 15) is 4.79 Å². The van der Waals surface area contributed by atoms with Gasteiger partial charge in [0.1, 0.15) is 6.04 Å². The van der Waals surface area contributed by atoms with E-state index >= 15 is 0 Å². The molecule has 1 N–H and O–H groups in total. The molecular formula is C13H14ClN3O. The van der Waals surface area contributed by atoms with Crippen LogP contribution in [0, 0.1) is 11.3 Å². The first kappa shape index (κ1) is 12.9. The topological polar surface area (TPSA) is 56.1 Å². The van der Waals surface area contributed by atoms with E-state index in [1.54, 1.807) is 17.0 Å². The molecule has 4 nitrogen and oxygen atoms in total. The number of nitrogens with zero attached hydrogens (tertiary/aromatic N) is 2. The van der Waals surface area contributed by atoms with E-state index in [-0.39, 0.29) is 12.3 Å². The summed E-state index contributed by atoms with van der Waals surface area (Å²) in [4.78, 5) is 14.0. The van der Waals surface area contributed by atoms with E-state index in [1.807, 2.05) is 18.2 Å². The van der Waals surface area contributed by atoms with Gasteiger partial charge in [0, 0.05) is 17.3 Å². The lowest BCUT2D eigenvalue weighted by atomic mass is 10.2. The summed E-state index contributed by atoms with van der Waals surface area (Å²) in [7, 11) is 0. The monoisotopic (exact) mass is 263 g/mol. The Hall–Kier alpha value is -1.57. The van der Waals surface area contributed by atoms with E-state index in [1.165, 1.54) is 0 Å². The van der Waals surface area contributed by atoms with Crippen molar-refractivity contribution in [1.29, 1.82) is 5.26 Å². The highest BCUT2D eigenvalue weighted by atomic mass is 35.5. The third kappa shape index (κ3) is 2.81. The summed E-state index contributed by atoms with van der Waals surface area (Å²) >= 11 is 5.94. The van der Waals surface area contributed by atoms with Crippen molar-refractivity contribution in [3.05, 3.63) is 29.3 Å². The lowest BCUT2D eigenvalue weighted by molar-refractivity contribution is -0.120. The standard InChI is InChI=1S/C13H14ClN3O/c14-10-3-1-4-11(9-10)17-8-2-7-16-12(5-6-15)13(17)18/h1,3-4,9,12,16H,2,5,7-8H2. The highest BCUT2D eigenvalue weighted by Crippen LogP contribution is 2.21. The third-order valence-corrected chi connectivity index (χ3v) is 3.16. The Bertz CT molecular complexity index is 483. The zero-order chi connectivity index (χ0) is 13.0. The number of rotatable bonds is 2. The average molecular weight is 264 g/mol. The Morgan fingerprint density at radius 2 is 2.39 bits per heavy atom. The van der Waals surface area contributed by atoms with Crippen molar-refractivity contribution in [2.75, 3.05) is 18.0 Å². The van der Waals surface area contributed by atoms with Crippen molar-refractivity contribution >= 4 is 23.2 Å². The SMILES string of the molecule is N#CCC1NCCCN(c2cccc(Cl)c2)C1=O. The molecule has 2 rings (SSSR count). The highest BCUT2D eigenvalue weighted by molar-refractivity contribution is 6.30. The minimum absolute atomic E-state index is 0.0590. The molecule has 0 radical (unpaired) electrons. The van der Waals surface area contributed by atoms with Crippen LogP contribution in [0.4, 0.5) is 5.69 Å². The lowest BCUT2D eigenvalue weighted by Crippen LogP contribution is -2.43. The number of nitriles is 1. The zero-order valence-corrected chi connectivity index (χ0v) is 10.7. The third-order valence-electron chi connectivity index (χ3n) is 2.93. The largest absolute Gasteiger partial charge is 0.311 e. The van der Waals surface area contributed by atoms with Gasteiger partial charge in [0.2, 0.25) is 5.91 Å². The van der Waals surface area contributed by atoms with Crippen molar-refractivity contribution in [2.45, 2.75) is 18.9 Å². The molecule has 1 unspecified atom stereocenters. The van der Waals surface area contributed by atoms with Crippen LogP contribution >= 0.6 is 11.6 Å². The Labute approximate surface area is 111 Å². The van der Waals surface area contributed by atoms with E-state index in [0.717, 1.165) is 18.7 Å². The fraction of sp³-hybridized carbons (Fsp3) is 0.385. The number of amides is 1. The van der Waals surface area contributed by atoms with Gasteiger partial charge in [0.15, 0.2) is 0 Å². The molecule has 1 saturated heterocycles. The summed E-state index contributed by atoms with van der Waals surface area (Å²) in [6.45, 7) is 1.39. The number of halogens is 1. The maximum atomic E-state index is 12.3. The second-order valence-electron chi connectivity index (χ2n) is 4.19. The molecule has 1 heterocycles. The van der Waals surface area contributed by atoms with Crippen LogP contribution in [-0.2, 0) is 4.79 Å². The molecule has 1 aromatic rings. The molecule has 1 atom stereocenters. The second kappa shape index (κ2) is 5.85. The summed E-state index contributed by atoms with van der Waals surface area (Å²) in [5.74, 6) is -0.0590. The molecule has 1 aromatic carbocycles. The Morgan fingerprint density at radius 1 is 1.56 bits per heavy atom. The van der Waals surface area contributed by atoms with Gasteiger partial charge in [-0.25, -0.2) is 0 Å². The lowest BCUT2D eigenvalue weighted by Gasteiger charge is -2.23. The Balaban J connectivity index is 2.25. The molecule has 0 saturated carbocycles. The predicted octanol–water partition coefficient (Wildman–Crippen LogP) is 1.95.